The summed E-state index contributed by atoms with van der Waals surface area (Å²) < 4.78 is 7.24. The van der Waals surface area contributed by atoms with Crippen LogP contribution in [0.5, 0.6) is 5.75 Å². The first-order valence-corrected chi connectivity index (χ1v) is 10.6. The van der Waals surface area contributed by atoms with Gasteiger partial charge in [-0.15, -0.1) is 5.10 Å². The molecule has 0 amide bonds. The maximum absolute atomic E-state index is 9.98. The van der Waals surface area contributed by atoms with E-state index in [9.17, 15) is 5.11 Å². The first-order valence-electron chi connectivity index (χ1n) is 10.6. The summed E-state index contributed by atoms with van der Waals surface area (Å²) in [5, 5.41) is 26.2. The highest BCUT2D eigenvalue weighted by atomic mass is 16.5. The Hall–Kier alpha value is -2.91. The van der Waals surface area contributed by atoms with Crippen molar-refractivity contribution in [1.29, 1.82) is 0 Å². The summed E-state index contributed by atoms with van der Waals surface area (Å²) in [5.74, 6) is 1.46. The van der Waals surface area contributed by atoms with Crippen LogP contribution < -0.4 is 10.1 Å². The second kappa shape index (κ2) is 9.07. The van der Waals surface area contributed by atoms with E-state index in [-0.39, 0.29) is 24.1 Å². The van der Waals surface area contributed by atoms with E-state index in [1.54, 1.807) is 19.5 Å². The highest BCUT2D eigenvalue weighted by Gasteiger charge is 2.44. The Labute approximate surface area is 181 Å². The van der Waals surface area contributed by atoms with Crippen LogP contribution >= 0.6 is 0 Å². The molecule has 0 radical (unpaired) electrons. The largest absolute Gasteiger partial charge is 0.495 e. The third-order valence-corrected chi connectivity index (χ3v) is 5.96. The van der Waals surface area contributed by atoms with E-state index < -0.39 is 0 Å². The van der Waals surface area contributed by atoms with Crippen molar-refractivity contribution in [3.63, 3.8) is 0 Å². The van der Waals surface area contributed by atoms with Crippen molar-refractivity contribution >= 4 is 0 Å². The Bertz CT molecular complexity index is 1000. The van der Waals surface area contributed by atoms with Crippen molar-refractivity contribution in [1.82, 2.24) is 35.5 Å². The predicted molar refractivity (Wildman–Crippen MR) is 115 cm³/mol. The number of methoxy groups -OCH3 is 1. The van der Waals surface area contributed by atoms with Crippen molar-refractivity contribution in [2.24, 2.45) is 5.92 Å². The lowest BCUT2D eigenvalue weighted by Gasteiger charge is -2.24. The standard InChI is InChI=1S/C22H29N7O2/c1-15-9-18(31-3)13-25-19(15)20(21-26-27-28-29(21)22(2)6-7-22)24-12-17(14-30)10-16-5-4-8-23-11-16/h4-5,8-9,11,13,17,20,24,30H,6-7,10,12,14H2,1-3H3. The second-order valence-corrected chi connectivity index (χ2v) is 8.48. The van der Waals surface area contributed by atoms with Crippen molar-refractivity contribution < 1.29 is 9.84 Å². The lowest BCUT2D eigenvalue weighted by atomic mass is 10.00. The van der Waals surface area contributed by atoms with Gasteiger partial charge in [0.05, 0.1) is 24.5 Å². The number of aliphatic hydroxyl groups excluding tert-OH is 1. The fraction of sp³-hybridized carbons (Fsp3) is 0.500. The predicted octanol–water partition coefficient (Wildman–Crippen LogP) is 1.82. The Morgan fingerprint density at radius 1 is 1.32 bits per heavy atom. The minimum absolute atomic E-state index is 0.0195. The molecule has 9 nitrogen and oxygen atoms in total. The monoisotopic (exact) mass is 423 g/mol. The van der Waals surface area contributed by atoms with Crippen LogP contribution in [0.1, 0.15) is 48.5 Å². The molecule has 1 aliphatic carbocycles. The van der Waals surface area contributed by atoms with Gasteiger partial charge in [-0.3, -0.25) is 9.97 Å². The number of aryl methyl sites for hydroxylation is 1. The number of hydrogen-bond acceptors (Lipinski definition) is 8. The topological polar surface area (TPSA) is 111 Å². The summed E-state index contributed by atoms with van der Waals surface area (Å²) in [6.45, 7) is 4.81. The van der Waals surface area contributed by atoms with Gasteiger partial charge >= 0.3 is 0 Å². The molecule has 0 aliphatic heterocycles. The van der Waals surface area contributed by atoms with Gasteiger partial charge in [-0.2, -0.15) is 0 Å². The molecule has 3 aromatic heterocycles. The van der Waals surface area contributed by atoms with Crippen LogP contribution in [0.3, 0.4) is 0 Å². The van der Waals surface area contributed by atoms with Crippen LogP contribution in [-0.2, 0) is 12.0 Å². The zero-order chi connectivity index (χ0) is 21.8. The quantitative estimate of drug-likeness (QED) is 0.508. The van der Waals surface area contributed by atoms with Crippen LogP contribution in [0.2, 0.25) is 0 Å². The molecule has 0 saturated heterocycles. The Morgan fingerprint density at radius 3 is 2.81 bits per heavy atom. The van der Waals surface area contributed by atoms with Gasteiger partial charge in [0.1, 0.15) is 11.8 Å². The highest BCUT2D eigenvalue weighted by Crippen LogP contribution is 2.43. The minimum Gasteiger partial charge on any atom is -0.495 e. The SMILES string of the molecule is COc1cnc(C(NCC(CO)Cc2cccnc2)c2nnnn2C2(C)CC2)c(C)c1. The van der Waals surface area contributed by atoms with Crippen molar-refractivity contribution in [2.45, 2.75) is 44.7 Å². The third kappa shape index (κ3) is 4.72. The van der Waals surface area contributed by atoms with Gasteiger partial charge < -0.3 is 15.2 Å². The van der Waals surface area contributed by atoms with E-state index >= 15 is 0 Å². The maximum atomic E-state index is 9.98. The van der Waals surface area contributed by atoms with Gasteiger partial charge in [-0.05, 0) is 72.7 Å². The second-order valence-electron chi connectivity index (χ2n) is 8.48. The molecule has 0 aromatic carbocycles. The number of aliphatic hydroxyl groups is 1. The molecule has 1 saturated carbocycles. The van der Waals surface area contributed by atoms with Crippen LogP contribution in [0, 0.1) is 12.8 Å². The smallest absolute Gasteiger partial charge is 0.174 e. The molecule has 2 N–H and O–H groups in total. The molecule has 3 heterocycles. The zero-order valence-electron chi connectivity index (χ0n) is 18.2. The molecule has 1 fully saturated rings. The summed E-state index contributed by atoms with van der Waals surface area (Å²) in [6, 6.07) is 5.59. The number of rotatable bonds is 10. The van der Waals surface area contributed by atoms with Gasteiger partial charge in [0.25, 0.3) is 0 Å². The fourth-order valence-corrected chi connectivity index (χ4v) is 3.77. The van der Waals surface area contributed by atoms with Gasteiger partial charge in [0.2, 0.25) is 0 Å². The molecular weight excluding hydrogens is 394 g/mol. The van der Waals surface area contributed by atoms with Crippen LogP contribution in [0.4, 0.5) is 0 Å². The van der Waals surface area contributed by atoms with Crippen LogP contribution in [0.25, 0.3) is 0 Å². The van der Waals surface area contributed by atoms with E-state index in [2.05, 4.69) is 37.7 Å². The van der Waals surface area contributed by atoms with Crippen LogP contribution in [-0.4, -0.2) is 55.5 Å². The number of pyridine rings is 2. The van der Waals surface area contributed by atoms with E-state index in [1.165, 1.54) is 0 Å². The molecule has 4 rings (SSSR count). The summed E-state index contributed by atoms with van der Waals surface area (Å²) in [5.41, 5.74) is 2.87. The summed E-state index contributed by atoms with van der Waals surface area (Å²) in [7, 11) is 1.63. The van der Waals surface area contributed by atoms with Crippen molar-refractivity contribution in [2.75, 3.05) is 20.3 Å². The summed E-state index contributed by atoms with van der Waals surface area (Å²) in [4.78, 5) is 8.84. The molecule has 3 aromatic rings. The van der Waals surface area contributed by atoms with Gasteiger partial charge in [-0.25, -0.2) is 4.68 Å². The van der Waals surface area contributed by atoms with Crippen molar-refractivity contribution in [3.8, 4) is 5.75 Å². The highest BCUT2D eigenvalue weighted by molar-refractivity contribution is 5.33. The number of aromatic nitrogens is 6. The third-order valence-electron chi connectivity index (χ3n) is 5.96. The number of nitrogens with one attached hydrogen (secondary N) is 1. The molecule has 31 heavy (non-hydrogen) atoms. The molecule has 1 aliphatic rings. The molecular formula is C22H29N7O2. The summed E-state index contributed by atoms with van der Waals surface area (Å²) >= 11 is 0. The Morgan fingerprint density at radius 2 is 2.16 bits per heavy atom. The van der Waals surface area contributed by atoms with Crippen molar-refractivity contribution in [3.05, 3.63) is 59.4 Å². The molecule has 2 atom stereocenters. The number of tetrazole rings is 1. The molecule has 0 spiro atoms. The lowest BCUT2D eigenvalue weighted by molar-refractivity contribution is 0.218. The summed E-state index contributed by atoms with van der Waals surface area (Å²) in [6.07, 6.45) is 8.12. The zero-order valence-corrected chi connectivity index (χ0v) is 18.2. The number of ether oxygens (including phenoxy) is 1. The molecule has 0 bridgehead atoms. The van der Waals surface area contributed by atoms with E-state index in [4.69, 9.17) is 4.74 Å². The Kier molecular flexibility index (Phi) is 6.24. The normalized spacial score (nSPS) is 16.6. The fourth-order valence-electron chi connectivity index (χ4n) is 3.77. The maximum Gasteiger partial charge on any atom is 0.174 e. The number of nitrogens with zero attached hydrogens (tertiary/aromatic N) is 6. The molecule has 164 valence electrons. The average molecular weight is 424 g/mol. The van der Waals surface area contributed by atoms with E-state index in [1.807, 2.05) is 36.0 Å². The minimum atomic E-state index is -0.304. The van der Waals surface area contributed by atoms with E-state index in [0.29, 0.717) is 12.3 Å². The van der Waals surface area contributed by atoms with Gasteiger partial charge in [0.15, 0.2) is 5.82 Å². The Balaban J connectivity index is 1.61. The first-order chi connectivity index (χ1) is 15.0. The molecule has 9 heteroatoms. The van der Waals surface area contributed by atoms with Crippen LogP contribution in [0.15, 0.2) is 36.8 Å². The van der Waals surface area contributed by atoms with Gasteiger partial charge in [0, 0.05) is 25.5 Å². The molecule has 2 unspecified atom stereocenters. The first kappa shape index (κ1) is 21.3. The average Bonchev–Trinajstić information content (AvgIpc) is 3.34. The van der Waals surface area contributed by atoms with Gasteiger partial charge in [-0.1, -0.05) is 6.07 Å². The lowest BCUT2D eigenvalue weighted by Crippen LogP contribution is -2.34. The van der Waals surface area contributed by atoms with E-state index in [0.717, 1.165) is 41.9 Å². The number of hydrogen-bond donors (Lipinski definition) is 2.